The van der Waals surface area contributed by atoms with Gasteiger partial charge in [0.05, 0.1) is 0 Å². The number of carboxylic acids is 1. The summed E-state index contributed by atoms with van der Waals surface area (Å²) in [5.74, 6) is 0.442. The lowest BCUT2D eigenvalue weighted by molar-refractivity contribution is -0.134. The van der Waals surface area contributed by atoms with Gasteiger partial charge in [-0.3, -0.25) is 4.79 Å². The van der Waals surface area contributed by atoms with E-state index in [2.05, 4.69) is 101 Å². The highest BCUT2D eigenvalue weighted by Gasteiger charge is 2.02. The fraction of sp³-hybridized carbons (Fsp3) is 0.464. The third kappa shape index (κ3) is 17.7. The standard InChI is InChI=1S/C12H18.C12H16.C2H4O2.C2H6/c2*1-3-4-8-11(2)12-9-6-5-7-10-12;1-2(3)4;1-2/h5-7,9-11H,3-4,8H2,1-2H3;4-11H,3H2,1-2H3;1H3,(H,3,4);1-2H3/b;8-4+;;. The molecule has 2 aromatic carbocycles. The van der Waals surface area contributed by atoms with Gasteiger partial charge in [-0.15, -0.1) is 0 Å². The number of aliphatic carboxylic acids is 1. The smallest absolute Gasteiger partial charge is 0.300 e. The Morgan fingerprint density at radius 2 is 1.33 bits per heavy atom. The quantitative estimate of drug-likeness (QED) is 0.461. The molecule has 0 bridgehead atoms. The zero-order chi connectivity index (χ0) is 23.2. The van der Waals surface area contributed by atoms with E-state index in [4.69, 9.17) is 9.90 Å². The van der Waals surface area contributed by atoms with Gasteiger partial charge in [-0.2, -0.15) is 0 Å². The lowest BCUT2D eigenvalue weighted by Crippen LogP contribution is -1.92. The average molecular weight is 413 g/mol. The molecule has 0 aliphatic heterocycles. The first kappa shape index (κ1) is 29.8. The molecule has 2 heteroatoms. The van der Waals surface area contributed by atoms with Crippen molar-refractivity contribution in [2.45, 2.75) is 86.0 Å². The molecule has 2 rings (SSSR count). The summed E-state index contributed by atoms with van der Waals surface area (Å²) < 4.78 is 0. The molecule has 0 heterocycles. The Morgan fingerprint density at radius 3 is 1.73 bits per heavy atom. The van der Waals surface area contributed by atoms with Gasteiger partial charge in [-0.25, -0.2) is 0 Å². The fourth-order valence-electron chi connectivity index (χ4n) is 2.67. The largest absolute Gasteiger partial charge is 0.481 e. The SMILES string of the molecule is CC.CC(=O)O.CC/C=C/C(C)c1ccccc1.CCCCC(C)c1ccccc1. The van der Waals surface area contributed by atoms with Crippen LogP contribution in [0.2, 0.25) is 0 Å². The molecule has 2 unspecified atom stereocenters. The van der Waals surface area contributed by atoms with Crippen molar-refractivity contribution in [3.8, 4) is 0 Å². The monoisotopic (exact) mass is 412 g/mol. The van der Waals surface area contributed by atoms with Crippen LogP contribution in [0.5, 0.6) is 0 Å². The second kappa shape index (κ2) is 21.4. The van der Waals surface area contributed by atoms with Gasteiger partial charge in [-0.05, 0) is 35.8 Å². The number of rotatable bonds is 7. The van der Waals surface area contributed by atoms with Crippen LogP contribution < -0.4 is 0 Å². The number of allylic oxidation sites excluding steroid dienone is 2. The maximum absolute atomic E-state index is 9.00. The lowest BCUT2D eigenvalue weighted by atomic mass is 9.96. The zero-order valence-electron chi connectivity index (χ0n) is 20.3. The van der Waals surface area contributed by atoms with Gasteiger partial charge in [-0.1, -0.05) is 127 Å². The molecule has 0 spiro atoms. The molecule has 1 N–H and O–H groups in total. The number of carbonyl (C=O) groups is 1. The highest BCUT2D eigenvalue weighted by atomic mass is 16.4. The summed E-state index contributed by atoms with van der Waals surface area (Å²) in [6.45, 7) is 14.0. The Labute approximate surface area is 186 Å². The molecular formula is C28H44O2. The maximum Gasteiger partial charge on any atom is 0.300 e. The van der Waals surface area contributed by atoms with E-state index in [1.165, 1.54) is 30.4 Å². The van der Waals surface area contributed by atoms with Crippen LogP contribution in [-0.4, -0.2) is 11.1 Å². The van der Waals surface area contributed by atoms with Crippen LogP contribution in [0.25, 0.3) is 0 Å². The van der Waals surface area contributed by atoms with E-state index in [0.29, 0.717) is 5.92 Å². The lowest BCUT2D eigenvalue weighted by Gasteiger charge is -2.10. The maximum atomic E-state index is 9.00. The van der Waals surface area contributed by atoms with Gasteiger partial charge >= 0.3 is 0 Å². The van der Waals surface area contributed by atoms with Gasteiger partial charge < -0.3 is 5.11 Å². The van der Waals surface area contributed by atoms with Crippen LogP contribution >= 0.6 is 0 Å². The minimum absolute atomic E-state index is 0.547. The van der Waals surface area contributed by atoms with Crippen molar-refractivity contribution in [2.24, 2.45) is 0 Å². The van der Waals surface area contributed by atoms with E-state index in [1.54, 1.807) is 0 Å². The highest BCUT2D eigenvalue weighted by molar-refractivity contribution is 5.62. The fourth-order valence-corrected chi connectivity index (χ4v) is 2.67. The second-order valence-corrected chi connectivity index (χ2v) is 7.01. The molecule has 0 amide bonds. The van der Waals surface area contributed by atoms with Crippen LogP contribution in [0.15, 0.2) is 72.8 Å². The predicted molar refractivity (Wildman–Crippen MR) is 133 cm³/mol. The van der Waals surface area contributed by atoms with E-state index >= 15 is 0 Å². The van der Waals surface area contributed by atoms with Crippen LogP contribution in [0, 0.1) is 0 Å². The molecular weight excluding hydrogens is 368 g/mol. The van der Waals surface area contributed by atoms with Crippen molar-refractivity contribution >= 4 is 5.97 Å². The Morgan fingerprint density at radius 1 is 0.900 bits per heavy atom. The number of benzene rings is 2. The van der Waals surface area contributed by atoms with Crippen LogP contribution in [0.3, 0.4) is 0 Å². The molecule has 30 heavy (non-hydrogen) atoms. The van der Waals surface area contributed by atoms with Crippen molar-refractivity contribution in [3.63, 3.8) is 0 Å². The summed E-state index contributed by atoms with van der Waals surface area (Å²) in [5.41, 5.74) is 2.87. The van der Waals surface area contributed by atoms with E-state index in [1.807, 2.05) is 13.8 Å². The Bertz CT molecular complexity index is 628. The predicted octanol–water partition coefficient (Wildman–Crippen LogP) is 8.85. The Balaban J connectivity index is 0. The summed E-state index contributed by atoms with van der Waals surface area (Å²) in [6, 6.07) is 21.3. The molecule has 2 aromatic rings. The van der Waals surface area contributed by atoms with Crippen molar-refractivity contribution in [1.82, 2.24) is 0 Å². The minimum Gasteiger partial charge on any atom is -0.481 e. The van der Waals surface area contributed by atoms with E-state index in [-0.39, 0.29) is 0 Å². The van der Waals surface area contributed by atoms with Gasteiger partial charge in [0, 0.05) is 6.92 Å². The summed E-state index contributed by atoms with van der Waals surface area (Å²) in [5, 5.41) is 7.42. The van der Waals surface area contributed by atoms with Crippen LogP contribution in [0.1, 0.15) is 97.1 Å². The Kier molecular flexibility index (Phi) is 21.3. The zero-order valence-corrected chi connectivity index (χ0v) is 20.3. The normalized spacial score (nSPS) is 11.6. The van der Waals surface area contributed by atoms with Crippen molar-refractivity contribution in [3.05, 3.63) is 83.9 Å². The number of hydrogen-bond donors (Lipinski definition) is 1. The van der Waals surface area contributed by atoms with Crippen molar-refractivity contribution in [1.29, 1.82) is 0 Å². The average Bonchev–Trinajstić information content (AvgIpc) is 2.78. The molecule has 0 aromatic heterocycles. The molecule has 0 saturated carbocycles. The van der Waals surface area contributed by atoms with Gasteiger partial charge in [0.2, 0.25) is 0 Å². The van der Waals surface area contributed by atoms with Crippen LogP contribution in [-0.2, 0) is 4.79 Å². The molecule has 2 nitrogen and oxygen atoms in total. The van der Waals surface area contributed by atoms with E-state index < -0.39 is 5.97 Å². The molecule has 0 radical (unpaired) electrons. The number of carboxylic acid groups (broad SMARTS) is 1. The van der Waals surface area contributed by atoms with E-state index in [0.717, 1.165) is 19.3 Å². The molecule has 0 aliphatic rings. The Hall–Kier alpha value is -2.35. The number of unbranched alkanes of at least 4 members (excludes halogenated alkanes) is 1. The molecule has 168 valence electrons. The van der Waals surface area contributed by atoms with Crippen molar-refractivity contribution < 1.29 is 9.90 Å². The molecule has 0 saturated heterocycles. The van der Waals surface area contributed by atoms with E-state index in [9.17, 15) is 0 Å². The molecule has 2 atom stereocenters. The van der Waals surface area contributed by atoms with Gasteiger partial charge in [0.15, 0.2) is 0 Å². The topological polar surface area (TPSA) is 37.3 Å². The second-order valence-electron chi connectivity index (χ2n) is 7.01. The molecule has 0 aliphatic carbocycles. The third-order valence-corrected chi connectivity index (χ3v) is 4.35. The first-order valence-corrected chi connectivity index (χ1v) is 11.4. The van der Waals surface area contributed by atoms with Gasteiger partial charge in [0.1, 0.15) is 0 Å². The first-order valence-electron chi connectivity index (χ1n) is 11.4. The highest BCUT2D eigenvalue weighted by Crippen LogP contribution is 2.20. The summed E-state index contributed by atoms with van der Waals surface area (Å²) in [4.78, 5) is 9.00. The summed E-state index contributed by atoms with van der Waals surface area (Å²) in [7, 11) is 0. The third-order valence-electron chi connectivity index (χ3n) is 4.35. The number of hydrogen-bond acceptors (Lipinski definition) is 1. The van der Waals surface area contributed by atoms with Crippen molar-refractivity contribution in [2.75, 3.05) is 0 Å². The van der Waals surface area contributed by atoms with Crippen LogP contribution in [0.4, 0.5) is 0 Å². The first-order chi connectivity index (χ1) is 14.4. The summed E-state index contributed by atoms with van der Waals surface area (Å²) in [6.07, 6.45) is 9.57. The summed E-state index contributed by atoms with van der Waals surface area (Å²) >= 11 is 0. The molecule has 0 fully saturated rings. The van der Waals surface area contributed by atoms with Gasteiger partial charge in [0.25, 0.3) is 5.97 Å². The minimum atomic E-state index is -0.833.